The van der Waals surface area contributed by atoms with Crippen molar-refractivity contribution in [1.82, 2.24) is 0 Å². The molecule has 2 aromatic carbocycles. The highest BCUT2D eigenvalue weighted by Gasteiger charge is 2.18. The number of nitrogens with zero attached hydrogens (tertiary/aromatic N) is 1. The van der Waals surface area contributed by atoms with Gasteiger partial charge in [0.1, 0.15) is 5.75 Å². The molecule has 0 unspecified atom stereocenters. The molecule has 0 aliphatic heterocycles. The summed E-state index contributed by atoms with van der Waals surface area (Å²) < 4.78 is 8.46. The molecule has 1 aromatic heterocycles. The Morgan fingerprint density at radius 1 is 0.727 bits per heavy atom. The molecule has 240 valence electrons. The number of carbonyl (C=O) groups is 1. The van der Waals surface area contributed by atoms with Crippen LogP contribution in [0, 0.1) is 0 Å². The van der Waals surface area contributed by atoms with Crippen molar-refractivity contribution in [3.05, 3.63) is 89.7 Å². The van der Waals surface area contributed by atoms with Gasteiger partial charge in [-0.3, -0.25) is 4.79 Å². The monoisotopic (exact) mass is 599 g/mol. The van der Waals surface area contributed by atoms with Gasteiger partial charge in [-0.15, -0.1) is 0 Å². The molecule has 0 saturated heterocycles. The molecular weight excluding hydrogens is 540 g/mol. The Morgan fingerprint density at radius 3 is 1.86 bits per heavy atom. The second-order valence-corrected chi connectivity index (χ2v) is 13.5. The van der Waals surface area contributed by atoms with E-state index in [0.717, 1.165) is 30.0 Å². The fraction of sp³-hybridized carbons (Fsp3) is 0.550. The van der Waals surface area contributed by atoms with Crippen LogP contribution >= 0.6 is 0 Å². The molecule has 3 rings (SSSR count). The summed E-state index contributed by atoms with van der Waals surface area (Å²) in [4.78, 5) is 13.0. The molecule has 0 atom stereocenters. The maximum Gasteiger partial charge on any atom is 0.228 e. The van der Waals surface area contributed by atoms with Gasteiger partial charge >= 0.3 is 0 Å². The van der Waals surface area contributed by atoms with E-state index >= 15 is 0 Å². The van der Waals surface area contributed by atoms with E-state index in [1.165, 1.54) is 94.6 Å². The van der Waals surface area contributed by atoms with E-state index in [1.807, 2.05) is 30.3 Å². The fourth-order valence-corrected chi connectivity index (χ4v) is 5.60. The number of aromatic nitrogens is 1. The average molecular weight is 600 g/mol. The molecule has 0 bridgehead atoms. The first-order valence-electron chi connectivity index (χ1n) is 17.4. The Labute approximate surface area is 268 Å². The van der Waals surface area contributed by atoms with Crippen LogP contribution in [0.1, 0.15) is 134 Å². The topological polar surface area (TPSA) is 42.2 Å². The number of carbonyl (C=O) groups excluding carboxylic acids is 1. The van der Waals surface area contributed by atoms with Crippen molar-refractivity contribution in [3.8, 4) is 5.75 Å². The Kier molecular flexibility index (Phi) is 16.1. The van der Waals surface area contributed by atoms with Gasteiger partial charge in [-0.05, 0) is 35.6 Å². The summed E-state index contributed by atoms with van der Waals surface area (Å²) in [7, 11) is 0. The molecule has 3 aromatic rings. The fourth-order valence-electron chi connectivity index (χ4n) is 5.60. The minimum Gasteiger partial charge on any atom is -0.493 e. The molecule has 0 aliphatic rings. The van der Waals surface area contributed by atoms with Crippen molar-refractivity contribution >= 4 is 11.6 Å². The van der Waals surface area contributed by atoms with Crippen molar-refractivity contribution < 1.29 is 14.1 Å². The number of anilines is 1. The van der Waals surface area contributed by atoms with Crippen LogP contribution in [0.5, 0.6) is 5.75 Å². The predicted molar refractivity (Wildman–Crippen MR) is 185 cm³/mol. The van der Waals surface area contributed by atoms with Crippen LogP contribution in [-0.2, 0) is 23.2 Å². The summed E-state index contributed by atoms with van der Waals surface area (Å²) in [6.07, 6.45) is 23.2. The molecule has 0 fully saturated rings. The zero-order chi connectivity index (χ0) is 31.5. The number of ether oxygens (including phenoxy) is 1. The van der Waals surface area contributed by atoms with Gasteiger partial charge in [-0.2, -0.15) is 0 Å². The van der Waals surface area contributed by atoms with Crippen molar-refractivity contribution in [2.75, 3.05) is 11.9 Å². The molecular formula is C40H59N2O2+. The highest BCUT2D eigenvalue weighted by Crippen LogP contribution is 2.29. The van der Waals surface area contributed by atoms with Gasteiger partial charge in [-0.25, -0.2) is 4.57 Å². The standard InChI is InChI=1S/C40H58N2O2/c1-5-6-7-8-9-10-11-12-13-14-15-16-17-21-30-44-38-32-36(40(2,3)4)25-24-35(38)31-39(43)41-37-26-22-34(23-27-37)33-42-28-19-18-20-29-42/h18-20,22-29,32H,5-17,21,30-31,33H2,1-4H3/p+1. The third kappa shape index (κ3) is 14.1. The summed E-state index contributed by atoms with van der Waals surface area (Å²) in [5.74, 6) is 0.817. The van der Waals surface area contributed by atoms with Crippen molar-refractivity contribution in [3.63, 3.8) is 0 Å². The van der Waals surface area contributed by atoms with Crippen LogP contribution in [0.4, 0.5) is 5.69 Å². The van der Waals surface area contributed by atoms with Crippen LogP contribution < -0.4 is 14.6 Å². The zero-order valence-electron chi connectivity index (χ0n) is 28.2. The first-order valence-corrected chi connectivity index (χ1v) is 17.4. The van der Waals surface area contributed by atoms with Crippen LogP contribution in [0.2, 0.25) is 0 Å². The maximum atomic E-state index is 13.0. The lowest BCUT2D eigenvalue weighted by atomic mass is 9.86. The Balaban J connectivity index is 1.39. The summed E-state index contributed by atoms with van der Waals surface area (Å²) in [5.41, 5.74) is 4.19. The second kappa shape index (κ2) is 20.0. The highest BCUT2D eigenvalue weighted by atomic mass is 16.5. The lowest BCUT2D eigenvalue weighted by Gasteiger charge is -2.21. The third-order valence-electron chi connectivity index (χ3n) is 8.42. The second-order valence-electron chi connectivity index (χ2n) is 13.5. The average Bonchev–Trinajstić information content (AvgIpc) is 3.00. The van der Waals surface area contributed by atoms with E-state index < -0.39 is 0 Å². The summed E-state index contributed by atoms with van der Waals surface area (Å²) in [6.45, 7) is 10.4. The quantitative estimate of drug-likeness (QED) is 0.0978. The van der Waals surface area contributed by atoms with Crippen LogP contribution in [0.25, 0.3) is 0 Å². The van der Waals surface area contributed by atoms with Gasteiger partial charge in [0, 0.05) is 28.9 Å². The number of nitrogens with one attached hydrogen (secondary N) is 1. The van der Waals surface area contributed by atoms with Gasteiger partial charge in [0.2, 0.25) is 5.91 Å². The highest BCUT2D eigenvalue weighted by molar-refractivity contribution is 5.92. The molecule has 0 aliphatic carbocycles. The normalized spacial score (nSPS) is 11.5. The molecule has 4 nitrogen and oxygen atoms in total. The molecule has 1 amide bonds. The molecule has 4 heteroatoms. The molecule has 0 spiro atoms. The number of unbranched alkanes of at least 4 members (excludes halogenated alkanes) is 13. The van der Waals surface area contributed by atoms with Crippen LogP contribution in [0.3, 0.4) is 0 Å². The SMILES string of the molecule is CCCCCCCCCCCCCCCCOc1cc(C(C)(C)C)ccc1CC(=O)Nc1ccc(C[n+]2ccccc2)cc1. The van der Waals surface area contributed by atoms with Crippen molar-refractivity contribution in [2.24, 2.45) is 0 Å². The summed E-state index contributed by atoms with van der Waals surface area (Å²) >= 11 is 0. The number of hydrogen-bond donors (Lipinski definition) is 1. The van der Waals surface area contributed by atoms with Gasteiger partial charge in [0.05, 0.1) is 13.0 Å². The molecule has 44 heavy (non-hydrogen) atoms. The zero-order valence-corrected chi connectivity index (χ0v) is 28.2. The van der Waals surface area contributed by atoms with Crippen molar-refractivity contribution in [2.45, 2.75) is 136 Å². The maximum absolute atomic E-state index is 13.0. The lowest BCUT2D eigenvalue weighted by Crippen LogP contribution is -2.32. The number of amides is 1. The van der Waals surface area contributed by atoms with Crippen LogP contribution in [0.15, 0.2) is 73.1 Å². The molecule has 0 saturated carbocycles. The first-order chi connectivity index (χ1) is 21.3. The van der Waals surface area contributed by atoms with Gasteiger partial charge in [0.25, 0.3) is 0 Å². The number of hydrogen-bond acceptors (Lipinski definition) is 2. The largest absolute Gasteiger partial charge is 0.493 e. The lowest BCUT2D eigenvalue weighted by molar-refractivity contribution is -0.688. The van der Waals surface area contributed by atoms with Gasteiger partial charge < -0.3 is 10.1 Å². The van der Waals surface area contributed by atoms with E-state index in [-0.39, 0.29) is 11.3 Å². The summed E-state index contributed by atoms with van der Waals surface area (Å²) in [5, 5.41) is 3.07. The first kappa shape index (κ1) is 35.3. The van der Waals surface area contributed by atoms with E-state index in [9.17, 15) is 4.79 Å². The van der Waals surface area contributed by atoms with Gasteiger partial charge in [-0.1, -0.05) is 141 Å². The smallest absolute Gasteiger partial charge is 0.228 e. The van der Waals surface area contributed by atoms with Gasteiger partial charge in [0.15, 0.2) is 18.9 Å². The minimum atomic E-state index is -0.0277. The number of rotatable bonds is 21. The number of pyridine rings is 1. The molecule has 1 N–H and O–H groups in total. The van der Waals surface area contributed by atoms with E-state index in [0.29, 0.717) is 13.0 Å². The van der Waals surface area contributed by atoms with Crippen LogP contribution in [-0.4, -0.2) is 12.5 Å². The van der Waals surface area contributed by atoms with E-state index in [1.54, 1.807) is 0 Å². The Morgan fingerprint density at radius 2 is 1.30 bits per heavy atom. The molecule has 1 heterocycles. The Bertz CT molecular complexity index is 1200. The Hall–Kier alpha value is -3.14. The number of benzene rings is 2. The minimum absolute atomic E-state index is 0.0216. The van der Waals surface area contributed by atoms with E-state index in [4.69, 9.17) is 4.74 Å². The van der Waals surface area contributed by atoms with Crippen molar-refractivity contribution in [1.29, 1.82) is 0 Å². The van der Waals surface area contributed by atoms with E-state index in [2.05, 4.69) is 80.3 Å². The predicted octanol–water partition coefficient (Wildman–Crippen LogP) is 10.4. The third-order valence-corrected chi connectivity index (χ3v) is 8.42. The summed E-state index contributed by atoms with van der Waals surface area (Å²) in [6, 6.07) is 20.5. The molecule has 0 radical (unpaired) electrons.